The van der Waals surface area contributed by atoms with E-state index in [0.717, 1.165) is 28.1 Å². The number of aromatic nitrogens is 1. The van der Waals surface area contributed by atoms with E-state index in [9.17, 15) is 4.79 Å². The van der Waals surface area contributed by atoms with Gasteiger partial charge in [0.15, 0.2) is 11.5 Å². The lowest BCUT2D eigenvalue weighted by Gasteiger charge is -2.14. The molecule has 0 bridgehead atoms. The van der Waals surface area contributed by atoms with Crippen molar-refractivity contribution < 1.29 is 19.5 Å². The number of amides is 1. The lowest BCUT2D eigenvalue weighted by Crippen LogP contribution is -2.18. The minimum atomic E-state index is -0.439. The molecule has 0 aliphatic carbocycles. The van der Waals surface area contributed by atoms with Crippen LogP contribution in [0.4, 0.5) is 0 Å². The summed E-state index contributed by atoms with van der Waals surface area (Å²) in [5.41, 5.74) is 6.27. The SMILES string of the molecule is C=C(c1cc(C)nc(C)c1)c1ccc(OC)c(OCCCC(=O)NO)c1. The van der Waals surface area contributed by atoms with Gasteiger partial charge in [0, 0.05) is 17.8 Å². The molecule has 1 aromatic carbocycles. The van der Waals surface area contributed by atoms with Crippen molar-refractivity contribution in [1.82, 2.24) is 10.5 Å². The molecule has 0 unspecified atom stereocenters. The van der Waals surface area contributed by atoms with E-state index in [2.05, 4.69) is 11.6 Å². The highest BCUT2D eigenvalue weighted by Crippen LogP contribution is 2.32. The average Bonchev–Trinajstić information content (AvgIpc) is 2.63. The first-order valence-corrected chi connectivity index (χ1v) is 8.33. The maximum absolute atomic E-state index is 11.0. The van der Waals surface area contributed by atoms with Gasteiger partial charge in [0.1, 0.15) is 0 Å². The number of hydroxylamine groups is 1. The fourth-order valence-corrected chi connectivity index (χ4v) is 2.62. The summed E-state index contributed by atoms with van der Waals surface area (Å²) in [4.78, 5) is 15.4. The standard InChI is InChI=1S/C20H24N2O4/c1-13-10-17(11-14(2)21-13)15(3)16-7-8-18(25-4)19(12-16)26-9-5-6-20(23)22-24/h7-8,10-12,24H,3,5-6,9H2,1-2,4H3,(H,22,23). The first-order valence-electron chi connectivity index (χ1n) is 8.33. The van der Waals surface area contributed by atoms with Crippen LogP contribution in [0, 0.1) is 13.8 Å². The van der Waals surface area contributed by atoms with Crippen molar-refractivity contribution in [2.24, 2.45) is 0 Å². The highest BCUT2D eigenvalue weighted by Gasteiger charge is 2.10. The van der Waals surface area contributed by atoms with Gasteiger partial charge in [0.25, 0.3) is 0 Å². The van der Waals surface area contributed by atoms with E-state index in [1.807, 2.05) is 44.2 Å². The third kappa shape index (κ3) is 5.07. The molecular formula is C20H24N2O4. The number of carbonyl (C=O) groups excluding carboxylic acids is 1. The molecule has 6 nitrogen and oxygen atoms in total. The summed E-state index contributed by atoms with van der Waals surface area (Å²) in [6.07, 6.45) is 0.657. The maximum Gasteiger partial charge on any atom is 0.243 e. The van der Waals surface area contributed by atoms with E-state index >= 15 is 0 Å². The molecule has 2 N–H and O–H groups in total. The van der Waals surface area contributed by atoms with E-state index in [1.165, 1.54) is 0 Å². The zero-order valence-corrected chi connectivity index (χ0v) is 15.3. The third-order valence-corrected chi connectivity index (χ3v) is 3.87. The summed E-state index contributed by atoms with van der Waals surface area (Å²) >= 11 is 0. The van der Waals surface area contributed by atoms with Gasteiger partial charge in [-0.1, -0.05) is 12.6 Å². The zero-order chi connectivity index (χ0) is 19.1. The number of nitrogens with zero attached hydrogens (tertiary/aromatic N) is 1. The molecule has 138 valence electrons. The number of carbonyl (C=O) groups is 1. The number of aryl methyl sites for hydroxylation is 2. The van der Waals surface area contributed by atoms with Gasteiger partial charge in [0.05, 0.1) is 13.7 Å². The Morgan fingerprint density at radius 1 is 1.15 bits per heavy atom. The number of benzene rings is 1. The molecule has 2 rings (SSSR count). The van der Waals surface area contributed by atoms with Crippen molar-refractivity contribution in [3.05, 3.63) is 59.4 Å². The summed E-state index contributed by atoms with van der Waals surface area (Å²) in [6, 6.07) is 9.62. The van der Waals surface area contributed by atoms with Gasteiger partial charge in [-0.05, 0) is 61.2 Å². The zero-order valence-electron chi connectivity index (χ0n) is 15.3. The van der Waals surface area contributed by atoms with Crippen molar-refractivity contribution >= 4 is 11.5 Å². The Labute approximate surface area is 153 Å². The molecule has 26 heavy (non-hydrogen) atoms. The van der Waals surface area contributed by atoms with Gasteiger partial charge in [-0.2, -0.15) is 0 Å². The number of pyridine rings is 1. The number of hydrogen-bond acceptors (Lipinski definition) is 5. The minimum absolute atomic E-state index is 0.181. The molecule has 0 atom stereocenters. The molecule has 2 aromatic rings. The summed E-state index contributed by atoms with van der Waals surface area (Å²) in [6.45, 7) is 8.43. The molecule has 0 saturated heterocycles. The Hall–Kier alpha value is -2.86. The number of ether oxygens (including phenoxy) is 2. The molecule has 0 aliphatic rings. The average molecular weight is 356 g/mol. The van der Waals surface area contributed by atoms with Crippen LogP contribution >= 0.6 is 0 Å². The molecule has 0 aliphatic heterocycles. The van der Waals surface area contributed by atoms with Gasteiger partial charge in [0.2, 0.25) is 5.91 Å². The van der Waals surface area contributed by atoms with Crippen molar-refractivity contribution in [3.63, 3.8) is 0 Å². The molecule has 6 heteroatoms. The van der Waals surface area contributed by atoms with Crippen molar-refractivity contribution in [2.45, 2.75) is 26.7 Å². The summed E-state index contributed by atoms with van der Waals surface area (Å²) in [5, 5.41) is 8.50. The molecular weight excluding hydrogens is 332 g/mol. The van der Waals surface area contributed by atoms with E-state index in [4.69, 9.17) is 14.7 Å². The van der Waals surface area contributed by atoms with Crippen LogP contribution in [0.5, 0.6) is 11.5 Å². The summed E-state index contributed by atoms with van der Waals surface area (Å²) in [5.74, 6) is 0.749. The van der Waals surface area contributed by atoms with Crippen LogP contribution in [0.1, 0.15) is 35.4 Å². The molecule has 0 fully saturated rings. The van der Waals surface area contributed by atoms with Crippen molar-refractivity contribution in [3.8, 4) is 11.5 Å². The van der Waals surface area contributed by atoms with E-state index < -0.39 is 5.91 Å². The second kappa shape index (κ2) is 9.01. The summed E-state index contributed by atoms with van der Waals surface area (Å²) in [7, 11) is 1.57. The van der Waals surface area contributed by atoms with Crippen LogP contribution in [-0.4, -0.2) is 29.8 Å². The first-order chi connectivity index (χ1) is 12.4. The largest absolute Gasteiger partial charge is 0.493 e. The quantitative estimate of drug-likeness (QED) is 0.430. The molecule has 1 heterocycles. The maximum atomic E-state index is 11.0. The second-order valence-corrected chi connectivity index (χ2v) is 5.97. The minimum Gasteiger partial charge on any atom is -0.493 e. The van der Waals surface area contributed by atoms with Crippen LogP contribution < -0.4 is 15.0 Å². The highest BCUT2D eigenvalue weighted by molar-refractivity contribution is 5.79. The van der Waals surface area contributed by atoms with Crippen molar-refractivity contribution in [1.29, 1.82) is 0 Å². The van der Waals surface area contributed by atoms with Crippen LogP contribution in [0.15, 0.2) is 36.9 Å². The Bertz CT molecular complexity index is 782. The highest BCUT2D eigenvalue weighted by atomic mass is 16.5. The fourth-order valence-electron chi connectivity index (χ4n) is 2.62. The Morgan fingerprint density at radius 3 is 2.46 bits per heavy atom. The van der Waals surface area contributed by atoms with Gasteiger partial charge in [-0.3, -0.25) is 15.0 Å². The number of nitrogens with one attached hydrogen (secondary N) is 1. The Balaban J connectivity index is 2.17. The summed E-state index contributed by atoms with van der Waals surface area (Å²) < 4.78 is 11.1. The van der Waals surface area contributed by atoms with Crippen molar-refractivity contribution in [2.75, 3.05) is 13.7 Å². The third-order valence-electron chi connectivity index (χ3n) is 3.87. The predicted molar refractivity (Wildman–Crippen MR) is 99.5 cm³/mol. The van der Waals surface area contributed by atoms with E-state index in [0.29, 0.717) is 24.5 Å². The predicted octanol–water partition coefficient (Wildman–Crippen LogP) is 3.43. The van der Waals surface area contributed by atoms with Crippen LogP contribution in [0.25, 0.3) is 5.57 Å². The normalized spacial score (nSPS) is 10.3. The lowest BCUT2D eigenvalue weighted by atomic mass is 9.98. The smallest absolute Gasteiger partial charge is 0.243 e. The molecule has 1 amide bonds. The number of rotatable bonds is 8. The van der Waals surface area contributed by atoms with Crippen LogP contribution in [0.3, 0.4) is 0 Å². The van der Waals surface area contributed by atoms with Crippen LogP contribution in [-0.2, 0) is 4.79 Å². The van der Waals surface area contributed by atoms with Gasteiger partial charge >= 0.3 is 0 Å². The topological polar surface area (TPSA) is 80.7 Å². The first kappa shape index (κ1) is 19.5. The van der Waals surface area contributed by atoms with Gasteiger partial charge in [-0.25, -0.2) is 5.48 Å². The fraction of sp³-hybridized carbons (Fsp3) is 0.300. The molecule has 0 radical (unpaired) electrons. The molecule has 0 saturated carbocycles. The second-order valence-electron chi connectivity index (χ2n) is 5.97. The Kier molecular flexibility index (Phi) is 6.74. The number of hydrogen-bond donors (Lipinski definition) is 2. The van der Waals surface area contributed by atoms with Gasteiger partial charge in [-0.15, -0.1) is 0 Å². The van der Waals surface area contributed by atoms with Gasteiger partial charge < -0.3 is 9.47 Å². The van der Waals surface area contributed by atoms with Crippen LogP contribution in [0.2, 0.25) is 0 Å². The Morgan fingerprint density at radius 2 is 1.85 bits per heavy atom. The lowest BCUT2D eigenvalue weighted by molar-refractivity contribution is -0.129. The van der Waals surface area contributed by atoms with E-state index in [1.54, 1.807) is 12.6 Å². The molecule has 0 spiro atoms. The molecule has 1 aromatic heterocycles. The number of methoxy groups -OCH3 is 1. The monoisotopic (exact) mass is 356 g/mol. The van der Waals surface area contributed by atoms with E-state index in [-0.39, 0.29) is 6.42 Å².